The standard InChI is InChI=1S/C30H25BrN2O5/c1-21(37-25-17-15-24(16-18-25)36-20-23-7-3-2-4-8-23)29(34)33-32-19-22-11-13-26(14-12-22)38-30(35)27-9-5-6-10-28(27)31/h2-19,21H,20H2,1H3,(H,33,34)/b32-19-/t21-/m0/s1. The highest BCUT2D eigenvalue weighted by Gasteiger charge is 2.14. The summed E-state index contributed by atoms with van der Waals surface area (Å²) < 4.78 is 17.5. The van der Waals surface area contributed by atoms with Crippen LogP contribution in [0, 0.1) is 0 Å². The Morgan fingerprint density at radius 1 is 0.842 bits per heavy atom. The van der Waals surface area contributed by atoms with E-state index in [-0.39, 0.29) is 0 Å². The monoisotopic (exact) mass is 572 g/mol. The lowest BCUT2D eigenvalue weighted by atomic mass is 10.2. The topological polar surface area (TPSA) is 86.2 Å². The number of rotatable bonds is 10. The van der Waals surface area contributed by atoms with Gasteiger partial charge in [0, 0.05) is 4.47 Å². The molecule has 0 aliphatic carbocycles. The minimum absolute atomic E-state index is 0.394. The van der Waals surface area contributed by atoms with Crippen LogP contribution in [0.4, 0.5) is 0 Å². The fourth-order valence-corrected chi connectivity index (χ4v) is 3.73. The predicted molar refractivity (Wildman–Crippen MR) is 149 cm³/mol. The number of esters is 1. The SMILES string of the molecule is C[C@H](Oc1ccc(OCc2ccccc2)cc1)C(=O)N/N=C\c1ccc(OC(=O)c2ccccc2Br)cc1. The number of carbonyl (C=O) groups is 2. The van der Waals surface area contributed by atoms with E-state index in [2.05, 4.69) is 26.5 Å². The summed E-state index contributed by atoms with van der Waals surface area (Å²) in [6, 6.07) is 30.7. The fourth-order valence-electron chi connectivity index (χ4n) is 3.29. The van der Waals surface area contributed by atoms with Crippen molar-refractivity contribution in [1.82, 2.24) is 5.43 Å². The summed E-state index contributed by atoms with van der Waals surface area (Å²) in [5.74, 6) is 0.776. The van der Waals surface area contributed by atoms with Gasteiger partial charge in [-0.05, 0) is 94.6 Å². The number of nitrogens with zero attached hydrogens (tertiary/aromatic N) is 1. The number of halogens is 1. The van der Waals surface area contributed by atoms with Crippen molar-refractivity contribution in [3.63, 3.8) is 0 Å². The van der Waals surface area contributed by atoms with E-state index in [0.29, 0.717) is 39.5 Å². The van der Waals surface area contributed by atoms with Crippen molar-refractivity contribution in [2.45, 2.75) is 19.6 Å². The van der Waals surface area contributed by atoms with Crippen LogP contribution in [0.3, 0.4) is 0 Å². The molecule has 0 unspecified atom stereocenters. The summed E-state index contributed by atoms with van der Waals surface area (Å²) >= 11 is 3.34. The molecule has 0 bridgehead atoms. The van der Waals surface area contributed by atoms with Gasteiger partial charge in [-0.1, -0.05) is 42.5 Å². The molecule has 1 atom stereocenters. The first-order valence-electron chi connectivity index (χ1n) is 11.8. The van der Waals surface area contributed by atoms with E-state index in [4.69, 9.17) is 14.2 Å². The molecule has 0 heterocycles. The van der Waals surface area contributed by atoms with Crippen molar-refractivity contribution in [3.05, 3.63) is 124 Å². The lowest BCUT2D eigenvalue weighted by Gasteiger charge is -2.13. The van der Waals surface area contributed by atoms with Gasteiger partial charge in [0.1, 0.15) is 23.9 Å². The third-order valence-electron chi connectivity index (χ3n) is 5.33. The predicted octanol–water partition coefficient (Wildman–Crippen LogP) is 6.16. The second-order valence-electron chi connectivity index (χ2n) is 8.18. The molecule has 4 rings (SSSR count). The molecule has 4 aromatic carbocycles. The van der Waals surface area contributed by atoms with Gasteiger partial charge in [-0.2, -0.15) is 5.10 Å². The van der Waals surface area contributed by atoms with Gasteiger partial charge >= 0.3 is 5.97 Å². The van der Waals surface area contributed by atoms with E-state index in [0.717, 1.165) is 5.56 Å². The number of benzene rings is 4. The average molecular weight is 573 g/mol. The van der Waals surface area contributed by atoms with Crippen molar-refractivity contribution < 1.29 is 23.8 Å². The first-order valence-corrected chi connectivity index (χ1v) is 12.6. The largest absolute Gasteiger partial charge is 0.489 e. The average Bonchev–Trinajstić information content (AvgIpc) is 2.94. The molecular formula is C30H25BrN2O5. The first-order chi connectivity index (χ1) is 18.5. The minimum Gasteiger partial charge on any atom is -0.489 e. The smallest absolute Gasteiger partial charge is 0.344 e. The lowest BCUT2D eigenvalue weighted by Crippen LogP contribution is -2.33. The Labute approximate surface area is 229 Å². The van der Waals surface area contributed by atoms with Gasteiger partial charge in [0.25, 0.3) is 5.91 Å². The van der Waals surface area contributed by atoms with Crippen LogP contribution in [-0.4, -0.2) is 24.2 Å². The summed E-state index contributed by atoms with van der Waals surface area (Å²) in [6.07, 6.45) is 0.727. The Hall–Kier alpha value is -4.43. The molecule has 0 radical (unpaired) electrons. The quantitative estimate of drug-likeness (QED) is 0.106. The van der Waals surface area contributed by atoms with E-state index in [9.17, 15) is 9.59 Å². The first kappa shape index (κ1) is 26.6. The molecule has 0 fully saturated rings. The van der Waals surface area contributed by atoms with E-state index >= 15 is 0 Å². The van der Waals surface area contributed by atoms with Crippen LogP contribution in [0.5, 0.6) is 17.2 Å². The molecule has 0 aliphatic heterocycles. The molecule has 8 heteroatoms. The zero-order valence-corrected chi connectivity index (χ0v) is 22.1. The van der Waals surface area contributed by atoms with Crippen LogP contribution in [0.15, 0.2) is 113 Å². The zero-order valence-electron chi connectivity index (χ0n) is 20.5. The summed E-state index contributed by atoms with van der Waals surface area (Å²) in [5.41, 5.74) is 4.69. The van der Waals surface area contributed by atoms with Gasteiger partial charge in [-0.15, -0.1) is 0 Å². The maximum Gasteiger partial charge on any atom is 0.344 e. The summed E-state index contributed by atoms with van der Waals surface area (Å²) in [4.78, 5) is 24.7. The third kappa shape index (κ3) is 7.78. The molecule has 4 aromatic rings. The van der Waals surface area contributed by atoms with Gasteiger partial charge in [-0.3, -0.25) is 4.79 Å². The molecule has 38 heavy (non-hydrogen) atoms. The molecule has 0 aromatic heterocycles. The van der Waals surface area contributed by atoms with Crippen molar-refractivity contribution in [3.8, 4) is 17.2 Å². The highest BCUT2D eigenvalue weighted by Crippen LogP contribution is 2.21. The Kier molecular flexibility index (Phi) is 9.26. The van der Waals surface area contributed by atoms with E-state index < -0.39 is 18.0 Å². The molecule has 1 N–H and O–H groups in total. The second-order valence-corrected chi connectivity index (χ2v) is 9.03. The number of amides is 1. The number of hydrazone groups is 1. The Morgan fingerprint density at radius 2 is 1.47 bits per heavy atom. The molecule has 192 valence electrons. The molecule has 0 saturated heterocycles. The van der Waals surface area contributed by atoms with Crippen LogP contribution >= 0.6 is 15.9 Å². The second kappa shape index (κ2) is 13.2. The van der Waals surface area contributed by atoms with Crippen LogP contribution in [0.1, 0.15) is 28.4 Å². The van der Waals surface area contributed by atoms with E-state index in [1.165, 1.54) is 6.21 Å². The molecule has 7 nitrogen and oxygen atoms in total. The van der Waals surface area contributed by atoms with Gasteiger partial charge in [0.05, 0.1) is 11.8 Å². The molecular weight excluding hydrogens is 548 g/mol. The van der Waals surface area contributed by atoms with Gasteiger partial charge in [-0.25, -0.2) is 10.2 Å². The Bertz CT molecular complexity index is 1390. The summed E-state index contributed by atoms with van der Waals surface area (Å²) in [6.45, 7) is 2.11. The number of nitrogens with one attached hydrogen (secondary N) is 1. The van der Waals surface area contributed by atoms with Crippen LogP contribution < -0.4 is 19.6 Å². The number of ether oxygens (including phenoxy) is 3. The van der Waals surface area contributed by atoms with Crippen LogP contribution in [0.2, 0.25) is 0 Å². The summed E-state index contributed by atoms with van der Waals surface area (Å²) in [5, 5.41) is 3.98. The normalized spacial score (nSPS) is 11.5. The fraction of sp³-hybridized carbons (Fsp3) is 0.100. The highest BCUT2D eigenvalue weighted by molar-refractivity contribution is 9.10. The van der Waals surface area contributed by atoms with Crippen molar-refractivity contribution >= 4 is 34.0 Å². The van der Waals surface area contributed by atoms with Crippen molar-refractivity contribution in [2.75, 3.05) is 0 Å². The number of carbonyl (C=O) groups excluding carboxylic acids is 2. The number of hydrogen-bond acceptors (Lipinski definition) is 6. The lowest BCUT2D eigenvalue weighted by molar-refractivity contribution is -0.127. The van der Waals surface area contributed by atoms with E-state index in [1.807, 2.05) is 36.4 Å². The zero-order chi connectivity index (χ0) is 26.7. The molecule has 1 amide bonds. The minimum atomic E-state index is -0.762. The highest BCUT2D eigenvalue weighted by atomic mass is 79.9. The van der Waals surface area contributed by atoms with Gasteiger partial charge in [0.2, 0.25) is 0 Å². The molecule has 0 saturated carbocycles. The van der Waals surface area contributed by atoms with Crippen molar-refractivity contribution in [2.24, 2.45) is 5.10 Å². The summed E-state index contributed by atoms with van der Waals surface area (Å²) in [7, 11) is 0. The molecule has 0 spiro atoms. The van der Waals surface area contributed by atoms with E-state index in [1.54, 1.807) is 73.7 Å². The Morgan fingerprint density at radius 3 is 2.18 bits per heavy atom. The maximum absolute atomic E-state index is 12.4. The molecule has 0 aliphatic rings. The number of hydrogen-bond donors (Lipinski definition) is 1. The Balaban J connectivity index is 1.22. The van der Waals surface area contributed by atoms with Crippen LogP contribution in [-0.2, 0) is 11.4 Å². The third-order valence-corrected chi connectivity index (χ3v) is 6.02. The van der Waals surface area contributed by atoms with Crippen molar-refractivity contribution in [1.29, 1.82) is 0 Å². The van der Waals surface area contributed by atoms with Crippen LogP contribution in [0.25, 0.3) is 0 Å². The maximum atomic E-state index is 12.4. The van der Waals surface area contributed by atoms with Gasteiger partial charge in [0.15, 0.2) is 6.10 Å². The van der Waals surface area contributed by atoms with Gasteiger partial charge < -0.3 is 14.2 Å².